The quantitative estimate of drug-likeness (QED) is 0.374. The average Bonchev–Trinajstić information content (AvgIpc) is 2.70. The second-order valence-corrected chi connectivity index (χ2v) is 8.83. The van der Waals surface area contributed by atoms with Gasteiger partial charge in [0, 0.05) is 13.3 Å². The standard InChI is InChI=1S/C26H31NO5/c1-18(2)17-26(27-19(3)28,24(30)32-25(4,5)6)23(29)31-22(20-13-9-7-10-14-20)21-15-11-8-12-16-21/h7-16,22H,1,17H2,2-6H3,(H,27,28). The first kappa shape index (κ1) is 24.9. The molecule has 0 fully saturated rings. The predicted octanol–water partition coefficient (Wildman–Crippen LogP) is 4.50. The second-order valence-electron chi connectivity index (χ2n) is 8.83. The zero-order valence-corrected chi connectivity index (χ0v) is 19.3. The Hall–Kier alpha value is -3.41. The lowest BCUT2D eigenvalue weighted by Crippen LogP contribution is -2.62. The van der Waals surface area contributed by atoms with Crippen LogP contribution in [-0.2, 0) is 23.9 Å². The molecule has 0 aliphatic heterocycles. The molecule has 6 nitrogen and oxygen atoms in total. The van der Waals surface area contributed by atoms with Crippen LogP contribution in [0.5, 0.6) is 0 Å². The van der Waals surface area contributed by atoms with Gasteiger partial charge in [-0.3, -0.25) is 4.79 Å². The van der Waals surface area contributed by atoms with Crippen molar-refractivity contribution in [1.82, 2.24) is 5.32 Å². The molecule has 0 radical (unpaired) electrons. The first-order chi connectivity index (χ1) is 14.9. The molecule has 0 heterocycles. The van der Waals surface area contributed by atoms with E-state index in [1.54, 1.807) is 27.7 Å². The van der Waals surface area contributed by atoms with Crippen molar-refractivity contribution in [2.45, 2.75) is 58.3 Å². The SMILES string of the molecule is C=C(C)CC(NC(C)=O)(C(=O)OC(c1ccccc1)c1ccccc1)C(=O)OC(C)(C)C. The molecular formula is C26H31NO5. The topological polar surface area (TPSA) is 81.7 Å². The number of carbonyl (C=O) groups excluding carboxylic acids is 3. The van der Waals surface area contributed by atoms with Crippen molar-refractivity contribution in [3.05, 3.63) is 83.9 Å². The Morgan fingerprint density at radius 3 is 1.72 bits per heavy atom. The van der Waals surface area contributed by atoms with E-state index < -0.39 is 35.1 Å². The highest BCUT2D eigenvalue weighted by Gasteiger charge is 2.52. The largest absolute Gasteiger partial charge is 0.458 e. The maximum Gasteiger partial charge on any atom is 0.345 e. The van der Waals surface area contributed by atoms with E-state index >= 15 is 0 Å². The number of nitrogens with one attached hydrogen (secondary N) is 1. The van der Waals surface area contributed by atoms with Gasteiger partial charge in [0.05, 0.1) is 0 Å². The van der Waals surface area contributed by atoms with Crippen LogP contribution < -0.4 is 5.32 Å². The molecule has 2 rings (SSSR count). The highest BCUT2D eigenvalue weighted by atomic mass is 16.6. The summed E-state index contributed by atoms with van der Waals surface area (Å²) in [6.45, 7) is 11.8. The molecule has 0 saturated heterocycles. The first-order valence-electron chi connectivity index (χ1n) is 10.4. The summed E-state index contributed by atoms with van der Waals surface area (Å²) in [5, 5.41) is 2.51. The third-order valence-corrected chi connectivity index (χ3v) is 4.48. The molecule has 2 aromatic carbocycles. The van der Waals surface area contributed by atoms with Gasteiger partial charge in [0.2, 0.25) is 11.4 Å². The molecule has 2 aromatic rings. The van der Waals surface area contributed by atoms with Gasteiger partial charge in [0.25, 0.3) is 0 Å². The fraction of sp³-hybridized carbons (Fsp3) is 0.346. The van der Waals surface area contributed by atoms with Gasteiger partial charge < -0.3 is 14.8 Å². The lowest BCUT2D eigenvalue weighted by atomic mass is 9.90. The minimum atomic E-state index is -2.06. The number of benzene rings is 2. The van der Waals surface area contributed by atoms with Crippen LogP contribution in [0.4, 0.5) is 0 Å². The summed E-state index contributed by atoms with van der Waals surface area (Å²) in [6, 6.07) is 18.4. The van der Waals surface area contributed by atoms with Crippen LogP contribution in [0.15, 0.2) is 72.8 Å². The molecule has 6 heteroatoms. The molecule has 1 atom stereocenters. The van der Waals surface area contributed by atoms with Gasteiger partial charge in [-0.15, -0.1) is 6.58 Å². The molecule has 0 saturated carbocycles. The Morgan fingerprint density at radius 2 is 1.34 bits per heavy atom. The van der Waals surface area contributed by atoms with E-state index in [-0.39, 0.29) is 6.42 Å². The predicted molar refractivity (Wildman–Crippen MR) is 123 cm³/mol. The van der Waals surface area contributed by atoms with E-state index in [2.05, 4.69) is 11.9 Å². The Labute approximate surface area is 189 Å². The molecule has 0 bridgehead atoms. The highest BCUT2D eigenvalue weighted by molar-refractivity contribution is 6.08. The van der Waals surface area contributed by atoms with E-state index in [1.807, 2.05) is 60.7 Å². The van der Waals surface area contributed by atoms with E-state index in [1.165, 1.54) is 6.92 Å². The maximum atomic E-state index is 13.6. The zero-order chi connectivity index (χ0) is 23.9. The fourth-order valence-electron chi connectivity index (χ4n) is 3.28. The summed E-state index contributed by atoms with van der Waals surface area (Å²) in [4.78, 5) is 39.0. The van der Waals surface area contributed by atoms with Crippen molar-refractivity contribution >= 4 is 17.8 Å². The van der Waals surface area contributed by atoms with E-state index in [0.29, 0.717) is 5.57 Å². The Morgan fingerprint density at radius 1 is 0.875 bits per heavy atom. The minimum Gasteiger partial charge on any atom is -0.458 e. The molecule has 170 valence electrons. The Balaban J connectivity index is 2.55. The number of ether oxygens (including phenoxy) is 2. The molecular weight excluding hydrogens is 406 g/mol. The maximum absolute atomic E-state index is 13.6. The van der Waals surface area contributed by atoms with Crippen molar-refractivity contribution in [3.8, 4) is 0 Å². The molecule has 0 spiro atoms. The van der Waals surface area contributed by atoms with Crippen molar-refractivity contribution in [2.75, 3.05) is 0 Å². The van der Waals surface area contributed by atoms with Crippen LogP contribution in [0.25, 0.3) is 0 Å². The third-order valence-electron chi connectivity index (χ3n) is 4.48. The molecule has 32 heavy (non-hydrogen) atoms. The van der Waals surface area contributed by atoms with E-state index in [9.17, 15) is 14.4 Å². The highest BCUT2D eigenvalue weighted by Crippen LogP contribution is 2.30. The summed E-state index contributed by atoms with van der Waals surface area (Å²) in [7, 11) is 0. The first-order valence-corrected chi connectivity index (χ1v) is 10.4. The van der Waals surface area contributed by atoms with Gasteiger partial charge in [-0.25, -0.2) is 9.59 Å². The van der Waals surface area contributed by atoms with E-state index in [0.717, 1.165) is 11.1 Å². The van der Waals surface area contributed by atoms with Crippen LogP contribution >= 0.6 is 0 Å². The van der Waals surface area contributed by atoms with Crippen LogP contribution in [-0.4, -0.2) is 29.0 Å². The minimum absolute atomic E-state index is 0.156. The van der Waals surface area contributed by atoms with Crippen molar-refractivity contribution < 1.29 is 23.9 Å². The lowest BCUT2D eigenvalue weighted by molar-refractivity contribution is -0.177. The van der Waals surface area contributed by atoms with Crippen molar-refractivity contribution in [1.29, 1.82) is 0 Å². The average molecular weight is 438 g/mol. The third kappa shape index (κ3) is 6.54. The van der Waals surface area contributed by atoms with Crippen LogP contribution in [0.2, 0.25) is 0 Å². The van der Waals surface area contributed by atoms with Crippen molar-refractivity contribution in [3.63, 3.8) is 0 Å². The molecule has 0 aliphatic rings. The number of amides is 1. The normalized spacial score (nSPS) is 13.1. The van der Waals surface area contributed by atoms with Gasteiger partial charge in [-0.05, 0) is 38.8 Å². The lowest BCUT2D eigenvalue weighted by Gasteiger charge is -2.34. The van der Waals surface area contributed by atoms with Gasteiger partial charge in [-0.1, -0.05) is 66.2 Å². The fourth-order valence-corrected chi connectivity index (χ4v) is 3.28. The molecule has 0 aliphatic carbocycles. The number of rotatable bonds is 8. The van der Waals surface area contributed by atoms with Crippen LogP contribution in [0, 0.1) is 0 Å². The molecule has 0 aromatic heterocycles. The number of esters is 2. The summed E-state index contributed by atoms with van der Waals surface area (Å²) in [6.07, 6.45) is -0.943. The van der Waals surface area contributed by atoms with Gasteiger partial charge in [-0.2, -0.15) is 0 Å². The number of hydrogen-bond acceptors (Lipinski definition) is 5. The monoisotopic (exact) mass is 437 g/mol. The van der Waals surface area contributed by atoms with Crippen molar-refractivity contribution in [2.24, 2.45) is 0 Å². The molecule has 1 N–H and O–H groups in total. The van der Waals surface area contributed by atoms with Gasteiger partial charge in [0.1, 0.15) is 5.60 Å². The Bertz CT molecular complexity index is 905. The Kier molecular flexibility index (Phi) is 7.97. The van der Waals surface area contributed by atoms with Gasteiger partial charge >= 0.3 is 11.9 Å². The molecule has 1 unspecified atom stereocenters. The van der Waals surface area contributed by atoms with Gasteiger partial charge in [0.15, 0.2) is 6.10 Å². The summed E-state index contributed by atoms with van der Waals surface area (Å²) < 4.78 is 11.5. The van der Waals surface area contributed by atoms with Crippen LogP contribution in [0.1, 0.15) is 58.3 Å². The smallest absolute Gasteiger partial charge is 0.345 e. The number of carbonyl (C=O) groups is 3. The second kappa shape index (κ2) is 10.3. The summed E-state index contributed by atoms with van der Waals surface area (Å²) in [5.41, 5.74) is -0.981. The van der Waals surface area contributed by atoms with Crippen LogP contribution in [0.3, 0.4) is 0 Å². The summed E-state index contributed by atoms with van der Waals surface area (Å²) >= 11 is 0. The number of hydrogen-bond donors (Lipinski definition) is 1. The molecule has 1 amide bonds. The zero-order valence-electron chi connectivity index (χ0n) is 19.3. The summed E-state index contributed by atoms with van der Waals surface area (Å²) in [5.74, 6) is -2.37. The van der Waals surface area contributed by atoms with E-state index in [4.69, 9.17) is 9.47 Å².